The van der Waals surface area contributed by atoms with Gasteiger partial charge in [0.05, 0.1) is 6.67 Å². The van der Waals surface area contributed by atoms with E-state index in [-0.39, 0.29) is 6.67 Å². The highest BCUT2D eigenvalue weighted by Crippen LogP contribution is 2.21. The van der Waals surface area contributed by atoms with E-state index in [2.05, 4.69) is 20.8 Å². The van der Waals surface area contributed by atoms with Crippen molar-refractivity contribution in [2.75, 3.05) is 26.5 Å². The lowest BCUT2D eigenvalue weighted by Gasteiger charge is -2.29. The maximum Gasteiger partial charge on any atom is 0.500 e. The molecule has 0 aliphatic carbocycles. The first-order valence-corrected chi connectivity index (χ1v) is 9.65. The number of hydrogen-bond acceptors (Lipinski definition) is 3. The molecule has 19 heavy (non-hydrogen) atoms. The molecule has 5 heteroatoms. The summed E-state index contributed by atoms with van der Waals surface area (Å²) in [5, 5.41) is 0. The SMILES string of the molecule is CCCO[Si](CCCCCF)(OCCC)OCCC. The first kappa shape index (κ1) is 19.0. The largest absolute Gasteiger partial charge is 0.500 e. The van der Waals surface area contributed by atoms with Crippen LogP contribution in [0.25, 0.3) is 0 Å². The zero-order chi connectivity index (χ0) is 14.4. The maximum atomic E-state index is 12.1. The molecule has 0 aromatic carbocycles. The van der Waals surface area contributed by atoms with Gasteiger partial charge in [-0.25, -0.2) is 0 Å². The van der Waals surface area contributed by atoms with Crippen LogP contribution < -0.4 is 0 Å². The summed E-state index contributed by atoms with van der Waals surface area (Å²) in [4.78, 5) is 0. The lowest BCUT2D eigenvalue weighted by atomic mass is 10.3. The predicted molar refractivity (Wildman–Crippen MR) is 79.1 cm³/mol. The molecule has 0 heterocycles. The van der Waals surface area contributed by atoms with Gasteiger partial charge in [0.1, 0.15) is 0 Å². The molecule has 0 saturated carbocycles. The van der Waals surface area contributed by atoms with Crippen LogP contribution in [0.4, 0.5) is 4.39 Å². The second kappa shape index (κ2) is 13.0. The van der Waals surface area contributed by atoms with Gasteiger partial charge in [-0.1, -0.05) is 27.2 Å². The fourth-order valence-electron chi connectivity index (χ4n) is 1.73. The summed E-state index contributed by atoms with van der Waals surface area (Å²) >= 11 is 0. The van der Waals surface area contributed by atoms with Crippen molar-refractivity contribution in [1.82, 2.24) is 0 Å². The van der Waals surface area contributed by atoms with Crippen molar-refractivity contribution in [2.45, 2.75) is 65.3 Å². The molecule has 0 aliphatic heterocycles. The van der Waals surface area contributed by atoms with Crippen molar-refractivity contribution in [2.24, 2.45) is 0 Å². The summed E-state index contributed by atoms with van der Waals surface area (Å²) < 4.78 is 30.0. The summed E-state index contributed by atoms with van der Waals surface area (Å²) in [6.45, 7) is 8.07. The smallest absolute Gasteiger partial charge is 0.373 e. The number of hydrogen-bond donors (Lipinski definition) is 0. The van der Waals surface area contributed by atoms with Gasteiger partial charge in [-0.3, -0.25) is 4.39 Å². The molecule has 0 aliphatic rings. The molecule has 116 valence electrons. The van der Waals surface area contributed by atoms with Crippen LogP contribution in [0, 0.1) is 0 Å². The molecule has 0 N–H and O–H groups in total. The van der Waals surface area contributed by atoms with Crippen LogP contribution >= 0.6 is 0 Å². The van der Waals surface area contributed by atoms with E-state index in [9.17, 15) is 4.39 Å². The minimum atomic E-state index is -2.53. The molecular weight excluding hydrogens is 263 g/mol. The Balaban J connectivity index is 4.38. The molecule has 0 amide bonds. The lowest BCUT2D eigenvalue weighted by Crippen LogP contribution is -2.46. The van der Waals surface area contributed by atoms with Crippen LogP contribution in [0.3, 0.4) is 0 Å². The van der Waals surface area contributed by atoms with E-state index in [0.29, 0.717) is 26.2 Å². The molecule has 0 radical (unpaired) electrons. The van der Waals surface area contributed by atoms with E-state index in [1.807, 2.05) is 0 Å². The van der Waals surface area contributed by atoms with Crippen LogP contribution in [-0.4, -0.2) is 35.3 Å². The van der Waals surface area contributed by atoms with E-state index < -0.39 is 8.80 Å². The molecule has 0 saturated heterocycles. The second-order valence-corrected chi connectivity index (χ2v) is 7.46. The predicted octanol–water partition coefficient (Wildman–Crippen LogP) is 4.34. The standard InChI is InChI=1S/C14H31FO3Si/c1-4-11-16-19(17-12-5-2,18-13-6-3)14-9-7-8-10-15/h4-14H2,1-3H3. The van der Waals surface area contributed by atoms with Gasteiger partial charge in [0.15, 0.2) is 0 Å². The van der Waals surface area contributed by atoms with Gasteiger partial charge in [0.2, 0.25) is 0 Å². The van der Waals surface area contributed by atoms with E-state index in [1.54, 1.807) is 0 Å². The molecule has 0 spiro atoms. The van der Waals surface area contributed by atoms with Crippen molar-refractivity contribution in [3.63, 3.8) is 0 Å². The minimum Gasteiger partial charge on any atom is -0.373 e. The number of rotatable bonds is 14. The quantitative estimate of drug-likeness (QED) is 0.352. The first-order chi connectivity index (χ1) is 9.24. The molecule has 0 aromatic heterocycles. The Morgan fingerprint density at radius 3 is 1.58 bits per heavy atom. The Hall–Kier alpha value is 0.0269. The highest BCUT2D eigenvalue weighted by atomic mass is 28.4. The first-order valence-electron chi connectivity index (χ1n) is 7.72. The fraction of sp³-hybridized carbons (Fsp3) is 1.00. The van der Waals surface area contributed by atoms with Crippen molar-refractivity contribution in [1.29, 1.82) is 0 Å². The van der Waals surface area contributed by atoms with Crippen LogP contribution in [0.15, 0.2) is 0 Å². The van der Waals surface area contributed by atoms with E-state index in [4.69, 9.17) is 13.3 Å². The van der Waals surface area contributed by atoms with Crippen molar-refractivity contribution in [3.05, 3.63) is 0 Å². The third-order valence-electron chi connectivity index (χ3n) is 2.69. The van der Waals surface area contributed by atoms with Crippen LogP contribution in [0.1, 0.15) is 59.3 Å². The summed E-state index contributed by atoms with van der Waals surface area (Å²) in [6.07, 6.45) is 5.32. The maximum absolute atomic E-state index is 12.1. The molecule has 0 rings (SSSR count). The van der Waals surface area contributed by atoms with Crippen LogP contribution in [-0.2, 0) is 13.3 Å². The van der Waals surface area contributed by atoms with Gasteiger partial charge in [-0.05, 0) is 32.1 Å². The Bertz CT molecular complexity index is 172. The fourth-order valence-corrected chi connectivity index (χ4v) is 4.64. The second-order valence-electron chi connectivity index (χ2n) is 4.73. The van der Waals surface area contributed by atoms with Crippen molar-refractivity contribution < 1.29 is 17.7 Å². The molecule has 0 atom stereocenters. The van der Waals surface area contributed by atoms with E-state index in [0.717, 1.165) is 38.1 Å². The van der Waals surface area contributed by atoms with Gasteiger partial charge >= 0.3 is 8.80 Å². The zero-order valence-electron chi connectivity index (χ0n) is 12.9. The molecular formula is C14H31FO3Si. The third kappa shape index (κ3) is 9.54. The Morgan fingerprint density at radius 1 is 0.737 bits per heavy atom. The van der Waals surface area contributed by atoms with Gasteiger partial charge in [0, 0.05) is 25.9 Å². The Morgan fingerprint density at radius 2 is 1.21 bits per heavy atom. The lowest BCUT2D eigenvalue weighted by molar-refractivity contribution is 0.0586. The third-order valence-corrected chi connectivity index (χ3v) is 5.59. The summed E-state index contributed by atoms with van der Waals surface area (Å²) in [7, 11) is -2.53. The minimum absolute atomic E-state index is 0.240. The van der Waals surface area contributed by atoms with Crippen LogP contribution in [0.5, 0.6) is 0 Å². The molecule has 0 fully saturated rings. The van der Waals surface area contributed by atoms with Gasteiger partial charge in [-0.15, -0.1) is 0 Å². The topological polar surface area (TPSA) is 27.7 Å². The number of alkyl halides is 1. The molecule has 0 aromatic rings. The highest BCUT2D eigenvalue weighted by Gasteiger charge is 2.40. The number of halogens is 1. The van der Waals surface area contributed by atoms with Crippen molar-refractivity contribution in [3.8, 4) is 0 Å². The summed E-state index contributed by atoms with van der Waals surface area (Å²) in [5.41, 5.74) is 0. The summed E-state index contributed by atoms with van der Waals surface area (Å²) in [6, 6.07) is 0.812. The molecule has 0 unspecified atom stereocenters. The Labute approximate surface area is 119 Å². The highest BCUT2D eigenvalue weighted by molar-refractivity contribution is 6.60. The monoisotopic (exact) mass is 294 g/mol. The van der Waals surface area contributed by atoms with Gasteiger partial charge < -0.3 is 13.3 Å². The van der Waals surface area contributed by atoms with E-state index in [1.165, 1.54) is 0 Å². The average molecular weight is 294 g/mol. The van der Waals surface area contributed by atoms with Gasteiger partial charge in [0.25, 0.3) is 0 Å². The average Bonchev–Trinajstić information content (AvgIpc) is 2.44. The molecule has 0 bridgehead atoms. The van der Waals surface area contributed by atoms with Crippen LogP contribution in [0.2, 0.25) is 6.04 Å². The van der Waals surface area contributed by atoms with E-state index >= 15 is 0 Å². The molecule has 3 nitrogen and oxygen atoms in total. The summed E-state index contributed by atoms with van der Waals surface area (Å²) in [5.74, 6) is 0. The van der Waals surface area contributed by atoms with Gasteiger partial charge in [-0.2, -0.15) is 0 Å². The zero-order valence-corrected chi connectivity index (χ0v) is 13.9. The Kier molecular flexibility index (Phi) is 13.0. The normalized spacial score (nSPS) is 12.0. The number of unbranched alkanes of at least 4 members (excludes halogenated alkanes) is 2. The van der Waals surface area contributed by atoms with Crippen molar-refractivity contribution >= 4 is 8.80 Å².